The van der Waals surface area contributed by atoms with Gasteiger partial charge in [-0.1, -0.05) is 19.1 Å². The molecule has 142 valence electrons. The van der Waals surface area contributed by atoms with Crippen LogP contribution >= 0.6 is 0 Å². The Bertz CT molecular complexity index is 852. The Labute approximate surface area is 159 Å². The van der Waals surface area contributed by atoms with Crippen molar-refractivity contribution >= 4 is 18.1 Å². The van der Waals surface area contributed by atoms with Gasteiger partial charge in [-0.3, -0.25) is 14.5 Å². The molecule has 0 fully saturated rings. The molecule has 1 unspecified atom stereocenters. The van der Waals surface area contributed by atoms with E-state index in [0.717, 1.165) is 18.6 Å². The van der Waals surface area contributed by atoms with Crippen LogP contribution in [0.15, 0.2) is 36.4 Å². The number of anilines is 1. The van der Waals surface area contributed by atoms with Gasteiger partial charge in [0.25, 0.3) is 5.91 Å². The van der Waals surface area contributed by atoms with Gasteiger partial charge in [0.2, 0.25) is 12.3 Å². The van der Waals surface area contributed by atoms with Crippen molar-refractivity contribution in [3.05, 3.63) is 47.5 Å². The minimum Gasteiger partial charge on any atom is -0.439 e. The molecule has 0 radical (unpaired) electrons. The second-order valence-corrected chi connectivity index (χ2v) is 7.03. The van der Waals surface area contributed by atoms with E-state index in [0.29, 0.717) is 24.5 Å². The summed E-state index contributed by atoms with van der Waals surface area (Å²) in [5.74, 6) is 1.40. The molecule has 1 aliphatic rings. The third-order valence-corrected chi connectivity index (χ3v) is 5.21. The van der Waals surface area contributed by atoms with Gasteiger partial charge in [0.15, 0.2) is 0 Å². The first kappa shape index (κ1) is 18.9. The zero-order chi connectivity index (χ0) is 19.4. The lowest BCUT2D eigenvalue weighted by molar-refractivity contribution is -0.127. The molecule has 0 saturated heterocycles. The molecule has 1 atom stereocenters. The van der Waals surface area contributed by atoms with Crippen molar-refractivity contribution in [3.8, 4) is 11.6 Å². The van der Waals surface area contributed by atoms with Crippen LogP contribution in [0, 0.1) is 0 Å². The van der Waals surface area contributed by atoms with E-state index in [4.69, 9.17) is 4.74 Å². The molecule has 1 aliphatic carbocycles. The summed E-state index contributed by atoms with van der Waals surface area (Å²) in [5.41, 5.74) is 1.74. The fraction of sp³-hybridized carbons (Fsp3) is 0.381. The molecule has 6 heteroatoms. The zero-order valence-electron chi connectivity index (χ0n) is 16.0. The molecule has 0 bridgehead atoms. The molecule has 1 heterocycles. The number of nitrogens with one attached hydrogen (secondary N) is 1. The number of pyridine rings is 1. The van der Waals surface area contributed by atoms with Crippen LogP contribution in [0.4, 0.5) is 5.82 Å². The summed E-state index contributed by atoms with van der Waals surface area (Å²) < 4.78 is 5.91. The molecule has 0 saturated carbocycles. The highest BCUT2D eigenvalue weighted by atomic mass is 16.5. The fourth-order valence-electron chi connectivity index (χ4n) is 3.30. The second kappa shape index (κ2) is 7.78. The van der Waals surface area contributed by atoms with Crippen LogP contribution in [0.5, 0.6) is 11.6 Å². The molecule has 1 aromatic carbocycles. The van der Waals surface area contributed by atoms with Crippen molar-refractivity contribution in [2.45, 2.75) is 45.1 Å². The van der Waals surface area contributed by atoms with E-state index >= 15 is 0 Å². The lowest BCUT2D eigenvalue weighted by atomic mass is 9.97. The van der Waals surface area contributed by atoms with Gasteiger partial charge >= 0.3 is 0 Å². The predicted octanol–water partition coefficient (Wildman–Crippen LogP) is 3.24. The minimum absolute atomic E-state index is 0.237. The fourth-order valence-corrected chi connectivity index (χ4v) is 3.30. The first-order valence-electron chi connectivity index (χ1n) is 9.23. The largest absolute Gasteiger partial charge is 0.439 e. The number of likely N-dealkylation sites (N-methyl/N-ethyl adjacent to an activating group) is 1. The quantitative estimate of drug-likeness (QED) is 0.763. The summed E-state index contributed by atoms with van der Waals surface area (Å²) in [6.45, 7) is 3.55. The minimum atomic E-state index is -0.977. The van der Waals surface area contributed by atoms with E-state index in [-0.39, 0.29) is 5.91 Å². The van der Waals surface area contributed by atoms with Crippen molar-refractivity contribution in [3.63, 3.8) is 0 Å². The number of hydrogen-bond acceptors (Lipinski definition) is 4. The van der Waals surface area contributed by atoms with E-state index in [1.807, 2.05) is 13.0 Å². The standard InChI is InChI=1S/C21H25N3O3/c1-4-21(2,22-14-25)20(26)24(3)18-9-6-10-19(23-18)27-17-12-11-15-7-5-8-16(15)13-17/h6,9-14H,4-5,7-8H2,1-3H3,(H,22,25). The van der Waals surface area contributed by atoms with Gasteiger partial charge in [-0.2, -0.15) is 4.98 Å². The summed E-state index contributed by atoms with van der Waals surface area (Å²) in [5, 5.41) is 2.61. The summed E-state index contributed by atoms with van der Waals surface area (Å²) in [6, 6.07) is 11.4. The lowest BCUT2D eigenvalue weighted by Crippen LogP contribution is -2.54. The third kappa shape index (κ3) is 3.94. The molecule has 0 spiro atoms. The summed E-state index contributed by atoms with van der Waals surface area (Å²) in [4.78, 5) is 29.6. The number of benzene rings is 1. The maximum Gasteiger partial charge on any atom is 0.253 e. The average Bonchev–Trinajstić information content (AvgIpc) is 3.15. The smallest absolute Gasteiger partial charge is 0.253 e. The Hall–Kier alpha value is -2.89. The van der Waals surface area contributed by atoms with Gasteiger partial charge in [-0.25, -0.2) is 0 Å². The van der Waals surface area contributed by atoms with E-state index in [1.54, 1.807) is 32.2 Å². The molecule has 1 N–H and O–H groups in total. The topological polar surface area (TPSA) is 71.5 Å². The highest BCUT2D eigenvalue weighted by Gasteiger charge is 2.34. The number of nitrogens with zero attached hydrogens (tertiary/aromatic N) is 2. The van der Waals surface area contributed by atoms with E-state index in [9.17, 15) is 9.59 Å². The van der Waals surface area contributed by atoms with Crippen LogP contribution in [0.2, 0.25) is 0 Å². The van der Waals surface area contributed by atoms with E-state index in [1.165, 1.54) is 22.4 Å². The Morgan fingerprint density at radius 3 is 2.81 bits per heavy atom. The summed E-state index contributed by atoms with van der Waals surface area (Å²) in [7, 11) is 1.64. The monoisotopic (exact) mass is 367 g/mol. The number of fused-ring (bicyclic) bond motifs is 1. The Morgan fingerprint density at radius 2 is 2.07 bits per heavy atom. The number of ether oxygens (including phenoxy) is 1. The molecular formula is C21H25N3O3. The molecular weight excluding hydrogens is 342 g/mol. The number of amides is 2. The van der Waals surface area contributed by atoms with Gasteiger partial charge in [0.05, 0.1) is 0 Å². The van der Waals surface area contributed by atoms with Gasteiger partial charge in [0, 0.05) is 13.1 Å². The molecule has 3 rings (SSSR count). The lowest BCUT2D eigenvalue weighted by Gasteiger charge is -2.30. The second-order valence-electron chi connectivity index (χ2n) is 7.03. The number of aromatic nitrogens is 1. The molecule has 0 aliphatic heterocycles. The Morgan fingerprint density at radius 1 is 1.30 bits per heavy atom. The van der Waals surface area contributed by atoms with Crippen LogP contribution in [-0.2, 0) is 22.4 Å². The van der Waals surface area contributed by atoms with Gasteiger partial charge in [-0.15, -0.1) is 0 Å². The number of rotatable bonds is 7. The third-order valence-electron chi connectivity index (χ3n) is 5.21. The van der Waals surface area contributed by atoms with Crippen molar-refractivity contribution in [1.82, 2.24) is 10.3 Å². The first-order valence-corrected chi connectivity index (χ1v) is 9.23. The van der Waals surface area contributed by atoms with E-state index in [2.05, 4.69) is 22.4 Å². The number of hydrogen-bond donors (Lipinski definition) is 1. The van der Waals surface area contributed by atoms with Crippen LogP contribution in [-0.4, -0.2) is 29.9 Å². The summed E-state index contributed by atoms with van der Waals surface area (Å²) >= 11 is 0. The summed E-state index contributed by atoms with van der Waals surface area (Å²) in [6.07, 6.45) is 4.42. The number of aryl methyl sites for hydroxylation is 2. The van der Waals surface area contributed by atoms with Crippen molar-refractivity contribution in [2.24, 2.45) is 0 Å². The van der Waals surface area contributed by atoms with Gasteiger partial charge in [0.1, 0.15) is 17.1 Å². The Kier molecular flexibility index (Phi) is 5.44. The molecule has 6 nitrogen and oxygen atoms in total. The molecule has 2 amide bonds. The molecule has 27 heavy (non-hydrogen) atoms. The van der Waals surface area contributed by atoms with E-state index < -0.39 is 5.54 Å². The average molecular weight is 367 g/mol. The molecule has 2 aromatic rings. The SMILES string of the molecule is CCC(C)(NC=O)C(=O)N(C)c1cccc(Oc2ccc3c(c2)CCC3)n1. The van der Waals surface area contributed by atoms with Crippen molar-refractivity contribution < 1.29 is 14.3 Å². The zero-order valence-corrected chi connectivity index (χ0v) is 16.0. The highest BCUT2D eigenvalue weighted by molar-refractivity contribution is 5.99. The van der Waals surface area contributed by atoms with Crippen molar-refractivity contribution in [1.29, 1.82) is 0 Å². The highest BCUT2D eigenvalue weighted by Crippen LogP contribution is 2.29. The maximum absolute atomic E-state index is 12.8. The Balaban J connectivity index is 1.78. The van der Waals surface area contributed by atoms with Crippen LogP contribution in [0.1, 0.15) is 37.8 Å². The first-order chi connectivity index (χ1) is 13.0. The predicted molar refractivity (Wildman–Crippen MR) is 104 cm³/mol. The van der Waals surface area contributed by atoms with Crippen LogP contribution < -0.4 is 15.0 Å². The van der Waals surface area contributed by atoms with Gasteiger partial charge in [-0.05, 0) is 61.9 Å². The normalized spacial score (nSPS) is 14.8. The van der Waals surface area contributed by atoms with Crippen LogP contribution in [0.25, 0.3) is 0 Å². The van der Waals surface area contributed by atoms with Crippen molar-refractivity contribution in [2.75, 3.05) is 11.9 Å². The van der Waals surface area contributed by atoms with Gasteiger partial charge < -0.3 is 10.1 Å². The number of carbonyl (C=O) groups excluding carboxylic acids is 2. The number of carbonyl (C=O) groups is 2. The maximum atomic E-state index is 12.8. The van der Waals surface area contributed by atoms with Crippen LogP contribution in [0.3, 0.4) is 0 Å². The molecule has 1 aromatic heterocycles.